The highest BCUT2D eigenvalue weighted by molar-refractivity contribution is 6.66. The molecule has 0 amide bonds. The van der Waals surface area contributed by atoms with Gasteiger partial charge in [0.15, 0.2) is 5.60 Å². The minimum Gasteiger partial charge on any atom is -0.481 e. The normalized spacial score (nSPS) is 24.2. The van der Waals surface area contributed by atoms with E-state index in [9.17, 15) is 0 Å². The summed E-state index contributed by atoms with van der Waals surface area (Å²) in [5.41, 5.74) is 1.64. The van der Waals surface area contributed by atoms with Crippen molar-refractivity contribution in [2.24, 2.45) is 0 Å². The van der Waals surface area contributed by atoms with E-state index in [-0.39, 0.29) is 5.54 Å². The van der Waals surface area contributed by atoms with Gasteiger partial charge in [0.2, 0.25) is 0 Å². The van der Waals surface area contributed by atoms with Crippen molar-refractivity contribution in [2.75, 3.05) is 6.54 Å². The number of benzene rings is 2. The number of fused-ring (bicyclic) bond motifs is 1. The van der Waals surface area contributed by atoms with Crippen molar-refractivity contribution in [3.8, 4) is 5.75 Å². The molecule has 0 aliphatic carbocycles. The van der Waals surface area contributed by atoms with E-state index in [4.69, 9.17) is 25.6 Å². The average molecular weight is 442 g/mol. The zero-order valence-electron chi connectivity index (χ0n) is 19.6. The molecule has 0 bridgehead atoms. The van der Waals surface area contributed by atoms with Crippen LogP contribution in [-0.2, 0) is 21.3 Å². The Morgan fingerprint density at radius 1 is 0.968 bits per heavy atom. The van der Waals surface area contributed by atoms with Crippen molar-refractivity contribution in [1.29, 1.82) is 0 Å². The fourth-order valence-electron chi connectivity index (χ4n) is 4.15. The van der Waals surface area contributed by atoms with Crippen molar-refractivity contribution in [3.63, 3.8) is 0 Å². The van der Waals surface area contributed by atoms with E-state index in [1.165, 1.54) is 0 Å². The van der Waals surface area contributed by atoms with Gasteiger partial charge in [0, 0.05) is 29.0 Å². The molecule has 4 rings (SSSR count). The molecule has 2 heterocycles. The SMILES string of the molecule is CC(C)(C)NCC1(c2ccccc2)Cc2c(ccc(Cl)c2B2OC(C)(C)C(C)(C)O2)O1. The monoisotopic (exact) mass is 441 g/mol. The van der Waals surface area contributed by atoms with Crippen molar-refractivity contribution in [1.82, 2.24) is 5.32 Å². The number of nitrogens with one attached hydrogen (secondary N) is 1. The highest BCUT2D eigenvalue weighted by Crippen LogP contribution is 2.44. The Bertz CT molecular complexity index is 955. The quantitative estimate of drug-likeness (QED) is 0.688. The molecule has 2 aliphatic rings. The Labute approximate surface area is 191 Å². The van der Waals surface area contributed by atoms with E-state index in [2.05, 4.69) is 78.0 Å². The molecule has 1 N–H and O–H groups in total. The Balaban J connectivity index is 1.76. The summed E-state index contributed by atoms with van der Waals surface area (Å²) in [6.07, 6.45) is 0.690. The second-order valence-electron chi connectivity index (χ2n) is 10.8. The van der Waals surface area contributed by atoms with E-state index in [0.717, 1.165) is 22.3 Å². The molecule has 0 spiro atoms. The largest absolute Gasteiger partial charge is 0.496 e. The fourth-order valence-corrected chi connectivity index (χ4v) is 4.42. The van der Waals surface area contributed by atoms with Crippen LogP contribution in [0.5, 0.6) is 5.75 Å². The second-order valence-corrected chi connectivity index (χ2v) is 11.2. The molecule has 166 valence electrons. The standard InChI is InChI=1S/C25H33BClNO3/c1-22(2,3)28-16-25(17-11-9-8-10-12-17)15-18-20(29-25)14-13-19(27)21(18)26-30-23(4,5)24(6,7)31-26/h8-14,28H,15-16H2,1-7H3. The molecule has 0 radical (unpaired) electrons. The maximum Gasteiger partial charge on any atom is 0.496 e. The lowest BCUT2D eigenvalue weighted by Crippen LogP contribution is -2.49. The Hall–Kier alpha value is -1.53. The van der Waals surface area contributed by atoms with Crippen LogP contribution in [0.25, 0.3) is 0 Å². The van der Waals surface area contributed by atoms with Gasteiger partial charge in [0.25, 0.3) is 0 Å². The molecule has 1 saturated heterocycles. The van der Waals surface area contributed by atoms with Gasteiger partial charge in [-0.15, -0.1) is 0 Å². The third-order valence-corrected chi connectivity index (χ3v) is 7.05. The summed E-state index contributed by atoms with van der Waals surface area (Å²) in [4.78, 5) is 0. The Kier molecular flexibility index (Phi) is 5.49. The van der Waals surface area contributed by atoms with Gasteiger partial charge in [0.1, 0.15) is 5.75 Å². The summed E-state index contributed by atoms with van der Waals surface area (Å²) in [6.45, 7) is 15.4. The van der Waals surface area contributed by atoms with Crippen LogP contribution in [0.15, 0.2) is 42.5 Å². The van der Waals surface area contributed by atoms with E-state index in [0.29, 0.717) is 18.0 Å². The van der Waals surface area contributed by atoms with Crippen molar-refractivity contribution in [3.05, 3.63) is 58.6 Å². The van der Waals surface area contributed by atoms with Crippen LogP contribution in [0.1, 0.15) is 59.6 Å². The summed E-state index contributed by atoms with van der Waals surface area (Å²) in [5, 5.41) is 4.29. The van der Waals surface area contributed by atoms with Crippen LogP contribution < -0.4 is 15.5 Å². The number of halogens is 1. The van der Waals surface area contributed by atoms with Gasteiger partial charge >= 0.3 is 7.12 Å². The molecule has 2 aromatic carbocycles. The second kappa shape index (κ2) is 7.52. The maximum atomic E-state index is 6.73. The average Bonchev–Trinajstić information content (AvgIpc) is 3.15. The molecular formula is C25H33BClNO3. The summed E-state index contributed by atoms with van der Waals surface area (Å²) in [5.74, 6) is 0.841. The lowest BCUT2D eigenvalue weighted by atomic mass is 9.73. The predicted molar refractivity (Wildman–Crippen MR) is 127 cm³/mol. The van der Waals surface area contributed by atoms with Gasteiger partial charge < -0.3 is 19.4 Å². The summed E-state index contributed by atoms with van der Waals surface area (Å²) < 4.78 is 19.4. The lowest BCUT2D eigenvalue weighted by molar-refractivity contribution is 0.00578. The van der Waals surface area contributed by atoms with E-state index >= 15 is 0 Å². The van der Waals surface area contributed by atoms with Gasteiger partial charge in [-0.1, -0.05) is 41.9 Å². The van der Waals surface area contributed by atoms with E-state index in [1.807, 2.05) is 18.2 Å². The topological polar surface area (TPSA) is 39.7 Å². The third kappa shape index (κ3) is 4.14. The first-order valence-electron chi connectivity index (χ1n) is 11.0. The minimum absolute atomic E-state index is 0.0356. The fraction of sp³-hybridized carbons (Fsp3) is 0.520. The highest BCUT2D eigenvalue weighted by atomic mass is 35.5. The molecule has 31 heavy (non-hydrogen) atoms. The molecule has 0 saturated carbocycles. The van der Waals surface area contributed by atoms with E-state index < -0.39 is 23.9 Å². The Morgan fingerprint density at radius 2 is 1.58 bits per heavy atom. The molecule has 0 aromatic heterocycles. The maximum absolute atomic E-state index is 6.73. The van der Waals surface area contributed by atoms with Gasteiger partial charge in [-0.25, -0.2) is 0 Å². The number of ether oxygens (including phenoxy) is 1. The van der Waals surface area contributed by atoms with Crippen LogP contribution in [0.3, 0.4) is 0 Å². The molecule has 6 heteroatoms. The number of rotatable bonds is 4. The zero-order chi connectivity index (χ0) is 22.7. The van der Waals surface area contributed by atoms with Gasteiger partial charge in [0.05, 0.1) is 11.2 Å². The molecule has 2 aliphatic heterocycles. The van der Waals surface area contributed by atoms with Gasteiger partial charge in [-0.3, -0.25) is 0 Å². The molecule has 1 fully saturated rings. The molecule has 1 unspecified atom stereocenters. The van der Waals surface area contributed by atoms with Crippen molar-refractivity contribution >= 4 is 24.2 Å². The molecule has 2 aromatic rings. The van der Waals surface area contributed by atoms with Crippen molar-refractivity contribution in [2.45, 2.75) is 77.2 Å². The lowest BCUT2D eigenvalue weighted by Gasteiger charge is -2.33. The molecule has 4 nitrogen and oxygen atoms in total. The van der Waals surface area contributed by atoms with Gasteiger partial charge in [-0.05, 0) is 71.7 Å². The van der Waals surface area contributed by atoms with Crippen LogP contribution in [0.4, 0.5) is 0 Å². The van der Waals surface area contributed by atoms with Crippen LogP contribution >= 0.6 is 11.6 Å². The number of hydrogen-bond donors (Lipinski definition) is 1. The van der Waals surface area contributed by atoms with Crippen LogP contribution in [0.2, 0.25) is 5.02 Å². The number of hydrogen-bond acceptors (Lipinski definition) is 4. The zero-order valence-corrected chi connectivity index (χ0v) is 20.4. The predicted octanol–water partition coefficient (Wildman–Crippen LogP) is 4.86. The molecule has 1 atom stereocenters. The van der Waals surface area contributed by atoms with Crippen molar-refractivity contribution < 1.29 is 14.0 Å². The first-order chi connectivity index (χ1) is 14.3. The minimum atomic E-state index is -0.529. The van der Waals surface area contributed by atoms with E-state index in [1.54, 1.807) is 0 Å². The highest BCUT2D eigenvalue weighted by Gasteiger charge is 2.54. The smallest absolute Gasteiger partial charge is 0.481 e. The summed E-state index contributed by atoms with van der Waals surface area (Å²) in [6, 6.07) is 14.3. The van der Waals surface area contributed by atoms with Crippen LogP contribution in [-0.4, -0.2) is 30.4 Å². The first-order valence-corrected chi connectivity index (χ1v) is 11.4. The molecular weight excluding hydrogens is 409 g/mol. The first kappa shape index (κ1) is 22.7. The van der Waals surface area contributed by atoms with Gasteiger partial charge in [-0.2, -0.15) is 0 Å². The van der Waals surface area contributed by atoms with Crippen LogP contribution in [0, 0.1) is 0 Å². The summed E-state index contributed by atoms with van der Waals surface area (Å²) in [7, 11) is -0.529. The third-order valence-electron chi connectivity index (χ3n) is 6.72. The summed E-state index contributed by atoms with van der Waals surface area (Å²) >= 11 is 6.73. The Morgan fingerprint density at radius 3 is 2.16 bits per heavy atom.